The second kappa shape index (κ2) is 31.1. The molecular weight excluding hydrogens is 1530 g/mol. The first kappa shape index (κ1) is 72.8. The van der Waals surface area contributed by atoms with E-state index in [2.05, 4.69) is 385 Å². The van der Waals surface area contributed by atoms with Gasteiger partial charge in [0.1, 0.15) is 11.2 Å². The van der Waals surface area contributed by atoms with Crippen LogP contribution < -0.4 is 0 Å². The van der Waals surface area contributed by atoms with Gasteiger partial charge in [0.15, 0.2) is 34.9 Å². The number of furan rings is 1. The van der Waals surface area contributed by atoms with Crippen molar-refractivity contribution < 1.29 is 4.42 Å². The van der Waals surface area contributed by atoms with Gasteiger partial charge in [0.25, 0.3) is 0 Å². The molecule has 0 spiro atoms. The van der Waals surface area contributed by atoms with Crippen molar-refractivity contribution in [1.29, 1.82) is 0 Å². The summed E-state index contributed by atoms with van der Waals surface area (Å²) >= 11 is 1.85. The molecule has 0 fully saturated rings. The fourth-order valence-corrected chi connectivity index (χ4v) is 19.1. The van der Waals surface area contributed by atoms with Crippen molar-refractivity contribution in [1.82, 2.24) is 39.0 Å². The van der Waals surface area contributed by atoms with Crippen molar-refractivity contribution in [3.63, 3.8) is 0 Å². The van der Waals surface area contributed by atoms with E-state index in [0.717, 1.165) is 150 Å². The molecule has 0 aliphatic carbocycles. The van der Waals surface area contributed by atoms with Crippen LogP contribution in [0.2, 0.25) is 0 Å². The highest BCUT2D eigenvalue weighted by Gasteiger charge is 2.27. The summed E-state index contributed by atoms with van der Waals surface area (Å²) in [7, 11) is 0. The maximum atomic E-state index is 6.56. The molecule has 10 heteroatoms. The molecule has 24 rings (SSSR count). The molecule has 124 heavy (non-hydrogen) atoms. The summed E-state index contributed by atoms with van der Waals surface area (Å²) in [6, 6.07) is 154. The lowest BCUT2D eigenvalue weighted by Crippen LogP contribution is -2.04. The van der Waals surface area contributed by atoms with E-state index in [4.69, 9.17) is 34.3 Å². The van der Waals surface area contributed by atoms with Gasteiger partial charge in [-0.1, -0.05) is 376 Å². The molecule has 0 radical (unpaired) electrons. The topological polar surface area (TPSA) is 100 Å². The fourth-order valence-electron chi connectivity index (χ4n) is 17.9. The summed E-state index contributed by atoms with van der Waals surface area (Å²) in [6.07, 6.45) is 0. The van der Waals surface area contributed by atoms with Crippen molar-refractivity contribution in [3.8, 4) is 146 Å². The minimum absolute atomic E-state index is 0.597. The highest BCUT2D eigenvalue weighted by Crippen LogP contribution is 2.48. The maximum Gasteiger partial charge on any atom is 0.166 e. The first-order chi connectivity index (χ1) is 61.5. The third kappa shape index (κ3) is 13.1. The lowest BCUT2D eigenvalue weighted by molar-refractivity contribution is 0.670. The number of aromatic nitrogens is 8. The molecule has 0 amide bonds. The van der Waals surface area contributed by atoms with Gasteiger partial charge in [-0.15, -0.1) is 11.3 Å². The van der Waals surface area contributed by atoms with Crippen LogP contribution >= 0.6 is 11.3 Å². The lowest BCUT2D eigenvalue weighted by atomic mass is 9.94. The van der Waals surface area contributed by atoms with E-state index >= 15 is 0 Å². The molecule has 6 heterocycles. The van der Waals surface area contributed by atoms with E-state index < -0.39 is 0 Å². The molecule has 24 aromatic rings. The summed E-state index contributed by atoms with van der Waals surface area (Å²) < 4.78 is 13.9. The van der Waals surface area contributed by atoms with E-state index in [1.54, 1.807) is 0 Å². The Balaban J connectivity index is 0.000000143. The Kier molecular flexibility index (Phi) is 18.2. The van der Waals surface area contributed by atoms with Crippen molar-refractivity contribution in [3.05, 3.63) is 437 Å². The molecule has 0 N–H and O–H groups in total. The second-order valence-corrected chi connectivity index (χ2v) is 32.2. The van der Waals surface area contributed by atoms with Gasteiger partial charge in [0, 0.05) is 92.3 Å². The Morgan fingerprint density at radius 2 is 0.589 bits per heavy atom. The predicted molar refractivity (Wildman–Crippen MR) is 514 cm³/mol. The Labute approximate surface area is 718 Å². The second-order valence-electron chi connectivity index (χ2n) is 31.1. The molecule has 0 aliphatic rings. The van der Waals surface area contributed by atoms with Crippen LogP contribution in [0.4, 0.5) is 0 Å². The van der Waals surface area contributed by atoms with Gasteiger partial charge in [-0.2, -0.15) is 0 Å². The summed E-state index contributed by atoms with van der Waals surface area (Å²) in [6.45, 7) is 0. The van der Waals surface area contributed by atoms with Gasteiger partial charge in [0.05, 0.1) is 38.1 Å². The monoisotopic (exact) mass is 1600 g/mol. The van der Waals surface area contributed by atoms with Crippen LogP contribution in [-0.4, -0.2) is 39.0 Å². The smallest absolute Gasteiger partial charge is 0.166 e. The third-order valence-corrected chi connectivity index (χ3v) is 24.9. The number of hydrogen-bond acceptors (Lipinski definition) is 8. The van der Waals surface area contributed by atoms with Crippen LogP contribution in [0.5, 0.6) is 0 Å². The first-order valence-corrected chi connectivity index (χ1v) is 42.5. The normalized spacial score (nSPS) is 11.5. The number of para-hydroxylation sites is 4. The Hall–Kier alpha value is -16.4. The number of rotatable bonds is 14. The minimum atomic E-state index is 0.597. The van der Waals surface area contributed by atoms with E-state index in [0.29, 0.717) is 34.9 Å². The zero-order chi connectivity index (χ0) is 82.0. The Morgan fingerprint density at radius 1 is 0.202 bits per heavy atom. The van der Waals surface area contributed by atoms with Gasteiger partial charge >= 0.3 is 0 Å². The van der Waals surface area contributed by atoms with Crippen molar-refractivity contribution in [2.75, 3.05) is 0 Å². The molecule has 580 valence electrons. The average Bonchev–Trinajstić information content (AvgIpc) is 1.56. The molecule has 0 atom stereocenters. The summed E-state index contributed by atoms with van der Waals surface area (Å²) in [5.74, 6) is 3.65. The number of thiophene rings is 1. The van der Waals surface area contributed by atoms with Gasteiger partial charge in [-0.3, -0.25) is 0 Å². The van der Waals surface area contributed by atoms with Crippen LogP contribution in [0, 0.1) is 0 Å². The molecule has 0 aliphatic heterocycles. The van der Waals surface area contributed by atoms with Crippen molar-refractivity contribution in [2.45, 2.75) is 0 Å². The lowest BCUT2D eigenvalue weighted by Gasteiger charge is -2.19. The summed E-state index contributed by atoms with van der Waals surface area (Å²) in [5, 5.41) is 9.49. The quantitative estimate of drug-likeness (QED) is 0.107. The third-order valence-electron chi connectivity index (χ3n) is 23.7. The fraction of sp³-hybridized carbons (Fsp3) is 0. The number of nitrogens with zero attached hydrogens (tertiary/aromatic N) is 8. The van der Waals surface area contributed by atoms with Crippen LogP contribution in [0.3, 0.4) is 0 Å². The molecule has 0 bridgehead atoms. The number of benzene rings is 18. The van der Waals surface area contributed by atoms with Gasteiger partial charge in [-0.05, 0) is 116 Å². The van der Waals surface area contributed by atoms with Crippen molar-refractivity contribution in [2.24, 2.45) is 0 Å². The first-order valence-electron chi connectivity index (χ1n) is 41.7. The van der Waals surface area contributed by atoms with E-state index in [1.807, 2.05) is 72.0 Å². The molecule has 9 nitrogen and oxygen atoms in total. The molecule has 0 saturated carbocycles. The van der Waals surface area contributed by atoms with E-state index in [1.165, 1.54) is 47.4 Å². The average molecular weight is 1600 g/mol. The van der Waals surface area contributed by atoms with Crippen LogP contribution in [0.1, 0.15) is 0 Å². The van der Waals surface area contributed by atoms with Crippen molar-refractivity contribution >= 4 is 97.1 Å². The number of hydrogen-bond donors (Lipinski definition) is 0. The standard InChI is InChI=1S/C57H36N4O.C57H36N4S/c1-4-16-37(17-5-1)38-30-32-39(33-31-38)53-48(57-59-55(40-18-6-2-7-19-40)58-56(60-57)41-20-8-3-9-21-41)26-15-28-50(53)61-49-27-12-10-22-44(49)45-35-34-42(36-51(45)61)43-24-14-25-47-46-23-11-13-29-52(46)62-54(43)47;1-4-16-37(17-5-1)40-22-14-24-43(34-40)55-58-56(44-25-15-23-41(35-44)38-18-6-2-7-19-38)60-57(59-55)49-36-42(39-20-8-3-9-21-39)30-33-51(49)61-50-28-12-10-26-45(50)47-31-32-48-46-27-11-13-29-52(46)62-54(48)53(47)61/h2*1-36H. The molecule has 6 aromatic heterocycles. The summed E-state index contributed by atoms with van der Waals surface area (Å²) in [4.78, 5) is 31.7. The molecule has 18 aromatic carbocycles. The highest BCUT2D eigenvalue weighted by molar-refractivity contribution is 7.26. The van der Waals surface area contributed by atoms with E-state index in [9.17, 15) is 0 Å². The van der Waals surface area contributed by atoms with E-state index in [-0.39, 0.29) is 0 Å². The Morgan fingerprint density at radius 3 is 1.19 bits per heavy atom. The van der Waals surface area contributed by atoms with Gasteiger partial charge in [-0.25, -0.2) is 29.9 Å². The van der Waals surface area contributed by atoms with Crippen LogP contribution in [0.25, 0.3) is 232 Å². The SMILES string of the molecule is c1ccc(-c2ccc(-c3c(-c4nc(-c5ccccc5)nc(-c5ccccc5)n4)cccc3-n3c4ccccc4c4ccc(-c5cccc6c5oc5ccccc56)cc43)cc2)cc1.c1ccc(-c2cccc(-c3nc(-c4cccc(-c5ccccc5)c4)nc(-c4cc(-c5ccccc5)ccc4-n4c5ccccc5c5ccc6c7ccccc7sc6c54)n3)c2)cc1. The Bertz CT molecular complexity index is 8050. The van der Waals surface area contributed by atoms with Gasteiger partial charge in [0.2, 0.25) is 0 Å². The van der Waals surface area contributed by atoms with Gasteiger partial charge < -0.3 is 13.6 Å². The maximum absolute atomic E-state index is 6.56. The molecule has 0 saturated heterocycles. The zero-order valence-corrected chi connectivity index (χ0v) is 67.8. The largest absolute Gasteiger partial charge is 0.455 e. The van der Waals surface area contributed by atoms with Crippen LogP contribution in [-0.2, 0) is 0 Å². The zero-order valence-electron chi connectivity index (χ0n) is 67.0. The number of fused-ring (bicyclic) bond motifs is 13. The minimum Gasteiger partial charge on any atom is -0.455 e. The highest BCUT2D eigenvalue weighted by atomic mass is 32.1. The predicted octanol–water partition coefficient (Wildman–Crippen LogP) is 30.2. The summed E-state index contributed by atoms with van der Waals surface area (Å²) in [5.41, 5.74) is 27.0. The molecule has 0 unspecified atom stereocenters. The molecular formula is C114H72N8OS. The van der Waals surface area contributed by atoms with Crippen LogP contribution in [0.15, 0.2) is 441 Å².